The van der Waals surface area contributed by atoms with E-state index in [1.807, 2.05) is 0 Å². The van der Waals surface area contributed by atoms with Crippen molar-refractivity contribution in [1.29, 1.82) is 0 Å². The number of rotatable bonds is 8. The van der Waals surface area contributed by atoms with Crippen LogP contribution >= 0.6 is 0 Å². The van der Waals surface area contributed by atoms with Gasteiger partial charge in [0.05, 0.1) is 5.56 Å². The molecule has 2 amide bonds. The molecule has 0 saturated heterocycles. The molecule has 7 nitrogen and oxygen atoms in total. The van der Waals surface area contributed by atoms with Gasteiger partial charge in [0.25, 0.3) is 5.91 Å². The zero-order valence-electron chi connectivity index (χ0n) is 19.7. The first kappa shape index (κ1) is 30.2. The summed E-state index contributed by atoms with van der Waals surface area (Å²) in [6.07, 6.45) is -10.4. The highest BCUT2D eigenvalue weighted by Gasteiger charge is 2.38. The third-order valence-electron chi connectivity index (χ3n) is 4.72. The molecule has 17 heteroatoms. The van der Waals surface area contributed by atoms with Crippen LogP contribution in [0.3, 0.4) is 0 Å². The number of alkyl halides is 6. The molecule has 40 heavy (non-hydrogen) atoms. The largest absolute Gasteiger partial charge is 0.573 e. The second-order valence-corrected chi connectivity index (χ2v) is 7.91. The Bertz CT molecular complexity index is 1430. The Morgan fingerprint density at radius 2 is 1.40 bits per heavy atom. The number of carbonyl (C=O) groups is 2. The molecule has 0 saturated carbocycles. The number of anilines is 1. The highest BCUT2D eigenvalue weighted by Crippen LogP contribution is 2.41. The number of hydrogen-bond donors (Lipinski definition) is 2. The number of nitrogens with two attached hydrogens (primary N) is 1. The standard InChI is InChI=1S/C23H12B3F7N2O5/c24-22(25,26)40-16-9-12(39-23(31,32)33)5-7-14(16)38-15-8-6-13(21(28,29)30)18(27)17(15)20(37)35-11-3-1-10(2-4-11)19(34)36/h1-9H,(H2,34,36)(H,35,37). The topological polar surface area (TPSA) is 99.9 Å². The van der Waals surface area contributed by atoms with Gasteiger partial charge in [-0.25, -0.2) is 4.39 Å². The molecule has 3 aromatic carbocycles. The van der Waals surface area contributed by atoms with Crippen LogP contribution in [0.5, 0.6) is 23.0 Å². The number of carbonyl (C=O) groups excluding carboxylic acids is 2. The van der Waals surface area contributed by atoms with Crippen LogP contribution in [-0.4, -0.2) is 47.0 Å². The van der Waals surface area contributed by atoms with Crippen LogP contribution < -0.4 is 25.3 Å². The second-order valence-electron chi connectivity index (χ2n) is 7.91. The summed E-state index contributed by atoms with van der Waals surface area (Å²) in [5.74, 6) is -7.30. The molecule has 3 N–H and O–H groups in total. The van der Waals surface area contributed by atoms with Crippen molar-refractivity contribution >= 4 is 41.0 Å². The molecule has 0 fully saturated rings. The molecule has 3 aromatic rings. The smallest absolute Gasteiger partial charge is 0.512 e. The maximum absolute atomic E-state index is 15.1. The molecule has 3 rings (SSSR count). The number of primary amides is 1. The first-order valence-corrected chi connectivity index (χ1v) is 10.6. The Hall–Kier alpha value is -4.30. The molecular formula is C23H12B3F7N2O5. The van der Waals surface area contributed by atoms with Gasteiger partial charge in [-0.2, -0.15) is 13.2 Å². The molecule has 0 aliphatic carbocycles. The number of amides is 2. The molecule has 0 aliphatic heterocycles. The SMILES string of the molecule is [B]C([B])([B])Oc1cc(OC(F)(F)F)ccc1Oc1ccc(C(F)(F)F)c(F)c1C(=O)Nc1ccc(C(N)=O)cc1. The minimum absolute atomic E-state index is 0.0357. The van der Waals surface area contributed by atoms with Crippen molar-refractivity contribution in [1.82, 2.24) is 0 Å². The van der Waals surface area contributed by atoms with Gasteiger partial charge < -0.3 is 25.3 Å². The fourth-order valence-corrected chi connectivity index (χ4v) is 3.14. The fraction of sp³-hybridized carbons (Fsp3) is 0.130. The summed E-state index contributed by atoms with van der Waals surface area (Å²) in [6.45, 7) is 0. The minimum Gasteiger partial charge on any atom is -0.512 e. The van der Waals surface area contributed by atoms with Gasteiger partial charge in [0.1, 0.15) is 40.6 Å². The van der Waals surface area contributed by atoms with Crippen molar-refractivity contribution in [2.24, 2.45) is 5.73 Å². The van der Waals surface area contributed by atoms with E-state index in [1.54, 1.807) is 0 Å². The lowest BCUT2D eigenvalue weighted by Gasteiger charge is -2.25. The molecular weight excluding hydrogens is 550 g/mol. The van der Waals surface area contributed by atoms with Gasteiger partial charge in [-0.1, -0.05) is 0 Å². The molecule has 0 aliphatic rings. The molecule has 0 aromatic heterocycles. The third kappa shape index (κ3) is 7.86. The van der Waals surface area contributed by atoms with E-state index in [-0.39, 0.29) is 17.3 Å². The van der Waals surface area contributed by atoms with Crippen molar-refractivity contribution in [3.8, 4) is 23.0 Å². The summed E-state index contributed by atoms with van der Waals surface area (Å²) in [6, 6.07) is 7.62. The van der Waals surface area contributed by atoms with Crippen LogP contribution in [-0.2, 0) is 6.18 Å². The number of nitrogens with one attached hydrogen (secondary N) is 1. The summed E-state index contributed by atoms with van der Waals surface area (Å²) >= 11 is 0. The Kier molecular flexibility index (Phi) is 8.36. The number of halogens is 7. The van der Waals surface area contributed by atoms with Gasteiger partial charge in [-0.15, -0.1) is 13.2 Å². The van der Waals surface area contributed by atoms with Crippen LogP contribution in [0.4, 0.5) is 36.4 Å². The van der Waals surface area contributed by atoms with Crippen LogP contribution in [0.2, 0.25) is 0 Å². The molecule has 0 spiro atoms. The summed E-state index contributed by atoms with van der Waals surface area (Å²) in [5, 5.41) is -0.359. The molecule has 202 valence electrons. The van der Waals surface area contributed by atoms with Crippen molar-refractivity contribution in [2.45, 2.75) is 17.8 Å². The van der Waals surface area contributed by atoms with Crippen molar-refractivity contribution in [3.05, 3.63) is 77.1 Å². The quantitative estimate of drug-likeness (QED) is 0.314. The monoisotopic (exact) mass is 562 g/mol. The summed E-state index contributed by atoms with van der Waals surface area (Å²) in [7, 11) is 16.0. The van der Waals surface area contributed by atoms with Crippen LogP contribution in [0.15, 0.2) is 54.6 Å². The minimum atomic E-state index is -5.23. The fourth-order valence-electron chi connectivity index (χ4n) is 3.14. The highest BCUT2D eigenvalue weighted by molar-refractivity contribution is 6.58. The van der Waals surface area contributed by atoms with Gasteiger partial charge in [0.15, 0.2) is 17.3 Å². The molecule has 0 atom stereocenters. The lowest BCUT2D eigenvalue weighted by Crippen LogP contribution is -2.37. The molecule has 0 heterocycles. The molecule has 6 radical (unpaired) electrons. The van der Waals surface area contributed by atoms with Gasteiger partial charge in [-0.3, -0.25) is 9.59 Å². The van der Waals surface area contributed by atoms with E-state index in [2.05, 4.69) is 10.1 Å². The first-order valence-electron chi connectivity index (χ1n) is 10.6. The van der Waals surface area contributed by atoms with E-state index >= 15 is 4.39 Å². The summed E-state index contributed by atoms with van der Waals surface area (Å²) in [5.41, 5.74) is 2.00. The molecule has 0 unspecified atom stereocenters. The average Bonchev–Trinajstić information content (AvgIpc) is 2.78. The Morgan fingerprint density at radius 1 is 0.800 bits per heavy atom. The number of benzene rings is 3. The van der Waals surface area contributed by atoms with E-state index in [0.29, 0.717) is 18.2 Å². The zero-order chi connectivity index (χ0) is 30.0. The summed E-state index contributed by atoms with van der Waals surface area (Å²) in [4.78, 5) is 24.2. The predicted octanol–water partition coefficient (Wildman–Crippen LogP) is 4.38. The maximum Gasteiger partial charge on any atom is 0.573 e. The number of ether oxygens (including phenoxy) is 3. The van der Waals surface area contributed by atoms with Crippen molar-refractivity contribution < 1.29 is 54.5 Å². The van der Waals surface area contributed by atoms with Crippen molar-refractivity contribution in [2.75, 3.05) is 5.32 Å². The summed E-state index contributed by atoms with van der Waals surface area (Å²) < 4.78 is 107. The Balaban J connectivity index is 2.08. The Morgan fingerprint density at radius 3 is 1.93 bits per heavy atom. The highest BCUT2D eigenvalue weighted by atomic mass is 19.4. The van der Waals surface area contributed by atoms with Crippen LogP contribution in [0.25, 0.3) is 0 Å². The van der Waals surface area contributed by atoms with Gasteiger partial charge >= 0.3 is 12.5 Å². The predicted molar refractivity (Wildman–Crippen MR) is 128 cm³/mol. The van der Waals surface area contributed by atoms with E-state index < -0.39 is 69.6 Å². The van der Waals surface area contributed by atoms with Crippen LogP contribution in [0.1, 0.15) is 26.3 Å². The molecule has 0 bridgehead atoms. The zero-order valence-corrected chi connectivity index (χ0v) is 19.7. The van der Waals surface area contributed by atoms with Gasteiger partial charge in [-0.05, 0) is 53.8 Å². The van der Waals surface area contributed by atoms with Gasteiger partial charge in [0, 0.05) is 17.3 Å². The lowest BCUT2D eigenvalue weighted by molar-refractivity contribution is -0.274. The van der Waals surface area contributed by atoms with E-state index in [4.69, 9.17) is 38.7 Å². The average molecular weight is 562 g/mol. The van der Waals surface area contributed by atoms with E-state index in [1.165, 1.54) is 24.3 Å². The van der Waals surface area contributed by atoms with E-state index in [0.717, 1.165) is 6.07 Å². The van der Waals surface area contributed by atoms with Gasteiger partial charge in [0.2, 0.25) is 5.91 Å². The first-order chi connectivity index (χ1) is 18.3. The maximum atomic E-state index is 15.1. The number of hydrogen-bond acceptors (Lipinski definition) is 5. The lowest BCUT2D eigenvalue weighted by atomic mass is 9.52. The van der Waals surface area contributed by atoms with Crippen LogP contribution in [0, 0.1) is 5.82 Å². The van der Waals surface area contributed by atoms with Crippen molar-refractivity contribution in [3.63, 3.8) is 0 Å². The van der Waals surface area contributed by atoms with E-state index in [9.17, 15) is 35.9 Å². The Labute approximate surface area is 225 Å². The second kappa shape index (κ2) is 11.1. The normalized spacial score (nSPS) is 12.0. The third-order valence-corrected chi connectivity index (χ3v) is 4.72.